The minimum atomic E-state index is 0. The summed E-state index contributed by atoms with van der Waals surface area (Å²) in [6.45, 7) is 7.03. The van der Waals surface area contributed by atoms with Crippen molar-refractivity contribution in [2.45, 2.75) is 37.9 Å². The van der Waals surface area contributed by atoms with Gasteiger partial charge in [0, 0.05) is 24.0 Å². The van der Waals surface area contributed by atoms with Gasteiger partial charge >= 0.3 is 0 Å². The van der Waals surface area contributed by atoms with Crippen LogP contribution in [0.5, 0.6) is 0 Å². The standard InChI is InChI=1S/C20H29N5S.HI/c1-3-21-19(23-16-20(2)11-7-13-26-20)22-12-10-17-14-24-25(15-17)18-8-5-4-6-9-18;/h4-6,8-9,14-15H,3,7,10-13,16H2,1-2H3,(H2,21,22,23);1H. The Labute approximate surface area is 183 Å². The van der Waals surface area contributed by atoms with Crippen molar-refractivity contribution in [3.63, 3.8) is 0 Å². The van der Waals surface area contributed by atoms with Gasteiger partial charge in [0.15, 0.2) is 5.96 Å². The van der Waals surface area contributed by atoms with Crippen LogP contribution < -0.4 is 10.6 Å². The molecule has 7 heteroatoms. The van der Waals surface area contributed by atoms with Gasteiger partial charge in [-0.15, -0.1) is 24.0 Å². The lowest BCUT2D eigenvalue weighted by atomic mass is 10.1. The lowest BCUT2D eigenvalue weighted by molar-refractivity contribution is 0.614. The summed E-state index contributed by atoms with van der Waals surface area (Å²) in [5.41, 5.74) is 2.31. The number of thioether (sulfide) groups is 1. The third-order valence-corrected chi connectivity index (χ3v) is 6.10. The van der Waals surface area contributed by atoms with Crippen molar-refractivity contribution >= 4 is 41.7 Å². The molecule has 1 aliphatic rings. The Kier molecular flexibility index (Phi) is 8.95. The van der Waals surface area contributed by atoms with Crippen molar-refractivity contribution in [1.29, 1.82) is 0 Å². The van der Waals surface area contributed by atoms with E-state index in [1.165, 1.54) is 24.2 Å². The molecular formula is C20H30IN5S. The molecule has 0 radical (unpaired) electrons. The molecule has 1 aliphatic heterocycles. The van der Waals surface area contributed by atoms with Crippen LogP contribution in [0.1, 0.15) is 32.3 Å². The normalized spacial score (nSPS) is 19.6. The molecule has 1 aromatic carbocycles. The second kappa shape index (κ2) is 10.9. The van der Waals surface area contributed by atoms with Crippen LogP contribution in [0, 0.1) is 0 Å². The Bertz CT molecular complexity index is 710. The monoisotopic (exact) mass is 499 g/mol. The molecule has 1 atom stereocenters. The SMILES string of the molecule is CCNC(=NCC1(C)CCCS1)NCCc1cnn(-c2ccccc2)c1.I. The zero-order chi connectivity index (χ0) is 18.2. The zero-order valence-corrected chi connectivity index (χ0v) is 19.3. The van der Waals surface area contributed by atoms with Crippen molar-refractivity contribution in [1.82, 2.24) is 20.4 Å². The Morgan fingerprint density at radius 1 is 1.30 bits per heavy atom. The maximum absolute atomic E-state index is 4.80. The van der Waals surface area contributed by atoms with Gasteiger partial charge in [-0.3, -0.25) is 4.99 Å². The average molecular weight is 499 g/mol. The molecule has 0 aliphatic carbocycles. The number of rotatable bonds is 7. The quantitative estimate of drug-likeness (QED) is 0.345. The number of aliphatic imine (C=N–C) groups is 1. The summed E-state index contributed by atoms with van der Waals surface area (Å²) in [6, 6.07) is 10.2. The number of aromatic nitrogens is 2. The van der Waals surface area contributed by atoms with Crippen molar-refractivity contribution in [3.05, 3.63) is 48.3 Å². The zero-order valence-electron chi connectivity index (χ0n) is 16.1. The molecule has 1 aromatic heterocycles. The van der Waals surface area contributed by atoms with Gasteiger partial charge in [-0.1, -0.05) is 18.2 Å². The van der Waals surface area contributed by atoms with E-state index in [2.05, 4.69) is 59.7 Å². The second-order valence-electron chi connectivity index (χ2n) is 6.90. The van der Waals surface area contributed by atoms with Gasteiger partial charge in [0.1, 0.15) is 0 Å². The molecule has 0 saturated carbocycles. The molecule has 2 aromatic rings. The second-order valence-corrected chi connectivity index (χ2v) is 8.59. The molecule has 148 valence electrons. The number of para-hydroxylation sites is 1. The predicted molar refractivity (Wildman–Crippen MR) is 127 cm³/mol. The number of halogens is 1. The highest BCUT2D eigenvalue weighted by atomic mass is 127. The van der Waals surface area contributed by atoms with Crippen LogP contribution in [-0.2, 0) is 6.42 Å². The fourth-order valence-corrected chi connectivity index (χ4v) is 4.31. The van der Waals surface area contributed by atoms with Gasteiger partial charge < -0.3 is 10.6 Å². The molecule has 3 rings (SSSR count). The van der Waals surface area contributed by atoms with E-state index in [4.69, 9.17) is 4.99 Å². The Balaban J connectivity index is 0.00000261. The molecule has 1 saturated heterocycles. The van der Waals surface area contributed by atoms with E-state index < -0.39 is 0 Å². The van der Waals surface area contributed by atoms with E-state index in [0.29, 0.717) is 4.75 Å². The van der Waals surface area contributed by atoms with Crippen LogP contribution in [-0.4, -0.2) is 45.9 Å². The molecule has 0 spiro atoms. The van der Waals surface area contributed by atoms with E-state index in [1.54, 1.807) is 0 Å². The van der Waals surface area contributed by atoms with E-state index >= 15 is 0 Å². The fourth-order valence-electron chi connectivity index (χ4n) is 3.09. The van der Waals surface area contributed by atoms with Crippen LogP contribution >= 0.6 is 35.7 Å². The van der Waals surface area contributed by atoms with Crippen molar-refractivity contribution in [3.8, 4) is 5.69 Å². The van der Waals surface area contributed by atoms with Gasteiger partial charge in [-0.2, -0.15) is 16.9 Å². The summed E-state index contributed by atoms with van der Waals surface area (Å²) in [5.74, 6) is 2.18. The van der Waals surface area contributed by atoms with Crippen LogP contribution in [0.4, 0.5) is 0 Å². The third-order valence-electron chi connectivity index (χ3n) is 4.58. The number of guanidine groups is 1. The van der Waals surface area contributed by atoms with Gasteiger partial charge in [-0.25, -0.2) is 4.68 Å². The summed E-state index contributed by atoms with van der Waals surface area (Å²) in [6.07, 6.45) is 7.53. The number of nitrogens with zero attached hydrogens (tertiary/aromatic N) is 3. The van der Waals surface area contributed by atoms with E-state index in [1.807, 2.05) is 29.1 Å². The average Bonchev–Trinajstić information content (AvgIpc) is 3.30. The summed E-state index contributed by atoms with van der Waals surface area (Å²) < 4.78 is 2.23. The van der Waals surface area contributed by atoms with Gasteiger partial charge in [-0.05, 0) is 56.6 Å². The highest BCUT2D eigenvalue weighted by Crippen LogP contribution is 2.37. The van der Waals surface area contributed by atoms with Crippen LogP contribution in [0.3, 0.4) is 0 Å². The van der Waals surface area contributed by atoms with Crippen LogP contribution in [0.25, 0.3) is 5.69 Å². The topological polar surface area (TPSA) is 54.2 Å². The van der Waals surface area contributed by atoms with E-state index in [9.17, 15) is 0 Å². The number of nitrogens with one attached hydrogen (secondary N) is 2. The summed E-state index contributed by atoms with van der Waals surface area (Å²) in [5, 5.41) is 11.3. The lowest BCUT2D eigenvalue weighted by Crippen LogP contribution is -2.39. The molecule has 0 amide bonds. The molecule has 5 nitrogen and oxygen atoms in total. The minimum Gasteiger partial charge on any atom is -0.357 e. The highest BCUT2D eigenvalue weighted by molar-refractivity contribution is 14.0. The Morgan fingerprint density at radius 2 is 2.11 bits per heavy atom. The first-order chi connectivity index (χ1) is 12.7. The maximum atomic E-state index is 4.80. The van der Waals surface area contributed by atoms with E-state index in [0.717, 1.165) is 37.7 Å². The van der Waals surface area contributed by atoms with Crippen molar-refractivity contribution in [2.24, 2.45) is 4.99 Å². The maximum Gasteiger partial charge on any atom is 0.191 e. The predicted octanol–water partition coefficient (Wildman–Crippen LogP) is 3.87. The lowest BCUT2D eigenvalue weighted by Gasteiger charge is -2.21. The molecule has 2 N–H and O–H groups in total. The molecular weight excluding hydrogens is 469 g/mol. The van der Waals surface area contributed by atoms with Crippen molar-refractivity contribution < 1.29 is 0 Å². The van der Waals surface area contributed by atoms with Crippen LogP contribution in [0.2, 0.25) is 0 Å². The summed E-state index contributed by atoms with van der Waals surface area (Å²) in [7, 11) is 0. The number of hydrogen-bond donors (Lipinski definition) is 2. The largest absolute Gasteiger partial charge is 0.357 e. The van der Waals surface area contributed by atoms with Gasteiger partial charge in [0.2, 0.25) is 0 Å². The first-order valence-corrected chi connectivity index (χ1v) is 10.4. The van der Waals surface area contributed by atoms with Gasteiger partial charge in [0.05, 0.1) is 18.4 Å². The highest BCUT2D eigenvalue weighted by Gasteiger charge is 2.29. The molecule has 1 unspecified atom stereocenters. The van der Waals surface area contributed by atoms with Gasteiger partial charge in [0.25, 0.3) is 0 Å². The smallest absolute Gasteiger partial charge is 0.191 e. The molecule has 1 fully saturated rings. The minimum absolute atomic E-state index is 0. The molecule has 0 bridgehead atoms. The Hall–Kier alpha value is -1.22. The van der Waals surface area contributed by atoms with Crippen molar-refractivity contribution in [2.75, 3.05) is 25.4 Å². The molecule has 27 heavy (non-hydrogen) atoms. The first kappa shape index (κ1) is 22.1. The summed E-state index contributed by atoms with van der Waals surface area (Å²) >= 11 is 2.05. The third kappa shape index (κ3) is 6.71. The van der Waals surface area contributed by atoms with E-state index in [-0.39, 0.29) is 24.0 Å². The van der Waals surface area contributed by atoms with Crippen LogP contribution in [0.15, 0.2) is 47.7 Å². The Morgan fingerprint density at radius 3 is 2.81 bits per heavy atom. The first-order valence-electron chi connectivity index (χ1n) is 9.44. The molecule has 2 heterocycles. The fraction of sp³-hybridized carbons (Fsp3) is 0.500. The number of hydrogen-bond acceptors (Lipinski definition) is 3. The summed E-state index contributed by atoms with van der Waals surface area (Å²) in [4.78, 5) is 4.80. The number of benzene rings is 1.